The molecule has 0 aliphatic heterocycles. The van der Waals surface area contributed by atoms with Crippen molar-refractivity contribution in [1.82, 2.24) is 9.62 Å². The molecule has 0 heterocycles. The van der Waals surface area contributed by atoms with Crippen molar-refractivity contribution < 1.29 is 8.42 Å². The fourth-order valence-corrected chi connectivity index (χ4v) is 3.35. The molecule has 1 aromatic carbocycles. The van der Waals surface area contributed by atoms with Crippen LogP contribution in [0.4, 0.5) is 0 Å². The van der Waals surface area contributed by atoms with Gasteiger partial charge in [0.1, 0.15) is 0 Å². The van der Waals surface area contributed by atoms with Crippen LogP contribution in [0.15, 0.2) is 29.2 Å². The van der Waals surface area contributed by atoms with Crippen molar-refractivity contribution in [3.63, 3.8) is 0 Å². The van der Waals surface area contributed by atoms with Crippen LogP contribution >= 0.6 is 11.6 Å². The predicted molar refractivity (Wildman–Crippen MR) is 79.0 cm³/mol. The summed E-state index contributed by atoms with van der Waals surface area (Å²) in [6, 6.07) is 6.43. The van der Waals surface area contributed by atoms with Gasteiger partial charge < -0.3 is 0 Å². The molecule has 0 aliphatic rings. The van der Waals surface area contributed by atoms with Gasteiger partial charge in [-0.1, -0.05) is 31.5 Å². The molecule has 6 heteroatoms. The summed E-state index contributed by atoms with van der Waals surface area (Å²) in [5.41, 5.74) is 0. The summed E-state index contributed by atoms with van der Waals surface area (Å²) >= 11 is 5.81. The van der Waals surface area contributed by atoms with Crippen molar-refractivity contribution >= 4 is 21.6 Å². The average Bonchev–Trinajstić information content (AvgIpc) is 2.38. The summed E-state index contributed by atoms with van der Waals surface area (Å²) in [6.45, 7) is 8.31. The maximum absolute atomic E-state index is 12.1. The highest BCUT2D eigenvalue weighted by Crippen LogP contribution is 2.15. The first kappa shape index (κ1) is 16.4. The Morgan fingerprint density at radius 2 is 1.95 bits per heavy atom. The highest BCUT2D eigenvalue weighted by atomic mass is 35.5. The molecule has 108 valence electrons. The Bertz CT molecular complexity index is 501. The highest BCUT2D eigenvalue weighted by Gasteiger charge is 2.17. The lowest BCUT2D eigenvalue weighted by molar-refractivity contribution is 0.232. The van der Waals surface area contributed by atoms with E-state index >= 15 is 0 Å². The van der Waals surface area contributed by atoms with Crippen molar-refractivity contribution in [2.24, 2.45) is 0 Å². The fraction of sp³-hybridized carbons (Fsp3) is 0.538. The van der Waals surface area contributed by atoms with Crippen LogP contribution < -0.4 is 4.72 Å². The average molecular weight is 305 g/mol. The molecule has 1 atom stereocenters. The molecule has 1 rings (SSSR count). The SMILES string of the molecule is CCN(CC)C(C)CNS(=O)(=O)c1cccc(Cl)c1. The molecule has 0 aromatic heterocycles. The summed E-state index contributed by atoms with van der Waals surface area (Å²) in [6.07, 6.45) is 0. The number of hydrogen-bond donors (Lipinski definition) is 1. The zero-order valence-corrected chi connectivity index (χ0v) is 13.1. The van der Waals surface area contributed by atoms with Crippen LogP contribution in [0.3, 0.4) is 0 Å². The van der Waals surface area contributed by atoms with E-state index in [0.29, 0.717) is 11.6 Å². The van der Waals surface area contributed by atoms with Gasteiger partial charge in [0, 0.05) is 17.6 Å². The Morgan fingerprint density at radius 3 is 2.47 bits per heavy atom. The lowest BCUT2D eigenvalue weighted by atomic mass is 10.3. The third-order valence-electron chi connectivity index (χ3n) is 3.11. The lowest BCUT2D eigenvalue weighted by Gasteiger charge is -2.26. The molecule has 0 bridgehead atoms. The molecular weight excluding hydrogens is 284 g/mol. The van der Waals surface area contributed by atoms with Gasteiger partial charge in [0.15, 0.2) is 0 Å². The first-order valence-corrected chi connectivity index (χ1v) is 8.26. The van der Waals surface area contributed by atoms with Crippen LogP contribution in [0.2, 0.25) is 5.02 Å². The number of rotatable bonds is 7. The first-order chi connectivity index (χ1) is 8.90. The normalized spacial score (nSPS) is 13.7. The molecule has 0 amide bonds. The standard InChI is InChI=1S/C13H21ClN2O2S/c1-4-16(5-2)11(3)10-15-19(17,18)13-8-6-7-12(14)9-13/h6-9,11,15H,4-5,10H2,1-3H3. The van der Waals surface area contributed by atoms with E-state index in [4.69, 9.17) is 11.6 Å². The minimum absolute atomic E-state index is 0.156. The summed E-state index contributed by atoms with van der Waals surface area (Å²) < 4.78 is 26.8. The molecule has 0 aliphatic carbocycles. The number of nitrogens with zero attached hydrogens (tertiary/aromatic N) is 1. The van der Waals surface area contributed by atoms with Gasteiger partial charge in [0.2, 0.25) is 10.0 Å². The van der Waals surface area contributed by atoms with Gasteiger partial charge in [-0.2, -0.15) is 0 Å². The van der Waals surface area contributed by atoms with Gasteiger partial charge >= 0.3 is 0 Å². The molecule has 1 N–H and O–H groups in total. The lowest BCUT2D eigenvalue weighted by Crippen LogP contribution is -2.41. The molecule has 0 fully saturated rings. The zero-order chi connectivity index (χ0) is 14.5. The minimum Gasteiger partial charge on any atom is -0.300 e. The summed E-state index contributed by atoms with van der Waals surface area (Å²) in [5, 5.41) is 0.416. The monoisotopic (exact) mass is 304 g/mol. The van der Waals surface area contributed by atoms with Crippen LogP contribution in [-0.2, 0) is 10.0 Å². The van der Waals surface area contributed by atoms with Crippen LogP contribution in [-0.4, -0.2) is 39.0 Å². The first-order valence-electron chi connectivity index (χ1n) is 6.40. The predicted octanol–water partition coefficient (Wildman–Crippen LogP) is 2.35. The largest absolute Gasteiger partial charge is 0.300 e. The van der Waals surface area contributed by atoms with Gasteiger partial charge in [0.25, 0.3) is 0 Å². The van der Waals surface area contributed by atoms with Gasteiger partial charge in [0.05, 0.1) is 4.90 Å². The Labute approximate surface area is 120 Å². The molecule has 19 heavy (non-hydrogen) atoms. The van der Waals surface area contributed by atoms with Crippen LogP contribution in [0.25, 0.3) is 0 Å². The van der Waals surface area contributed by atoms with E-state index in [1.165, 1.54) is 12.1 Å². The Kier molecular flexibility index (Phi) is 6.26. The molecule has 1 unspecified atom stereocenters. The van der Waals surface area contributed by atoms with Crippen LogP contribution in [0, 0.1) is 0 Å². The molecule has 0 saturated carbocycles. The topological polar surface area (TPSA) is 49.4 Å². The molecule has 1 aromatic rings. The summed E-state index contributed by atoms with van der Waals surface area (Å²) in [7, 11) is -3.49. The fourth-order valence-electron chi connectivity index (χ4n) is 1.92. The van der Waals surface area contributed by atoms with E-state index in [2.05, 4.69) is 23.5 Å². The minimum atomic E-state index is -3.49. The Balaban J connectivity index is 2.71. The van der Waals surface area contributed by atoms with E-state index in [-0.39, 0.29) is 10.9 Å². The zero-order valence-electron chi connectivity index (χ0n) is 11.6. The highest BCUT2D eigenvalue weighted by molar-refractivity contribution is 7.89. The molecule has 0 saturated heterocycles. The molecule has 0 spiro atoms. The smallest absolute Gasteiger partial charge is 0.240 e. The van der Waals surface area contributed by atoms with E-state index in [1.807, 2.05) is 6.92 Å². The third kappa shape index (κ3) is 4.76. The van der Waals surface area contributed by atoms with Crippen molar-refractivity contribution in [2.75, 3.05) is 19.6 Å². The van der Waals surface area contributed by atoms with Crippen molar-refractivity contribution in [1.29, 1.82) is 0 Å². The number of halogens is 1. The summed E-state index contributed by atoms with van der Waals surface area (Å²) in [4.78, 5) is 2.40. The van der Waals surface area contributed by atoms with E-state index < -0.39 is 10.0 Å². The van der Waals surface area contributed by atoms with Crippen LogP contribution in [0.1, 0.15) is 20.8 Å². The van der Waals surface area contributed by atoms with Gasteiger partial charge in [-0.05, 0) is 38.2 Å². The third-order valence-corrected chi connectivity index (χ3v) is 4.77. The maximum atomic E-state index is 12.1. The number of sulfonamides is 1. The van der Waals surface area contributed by atoms with E-state index in [0.717, 1.165) is 13.1 Å². The van der Waals surface area contributed by atoms with Gasteiger partial charge in [-0.3, -0.25) is 4.90 Å². The molecule has 4 nitrogen and oxygen atoms in total. The second-order valence-corrected chi connectivity index (χ2v) is 6.58. The maximum Gasteiger partial charge on any atom is 0.240 e. The summed E-state index contributed by atoms with van der Waals surface area (Å²) in [5.74, 6) is 0. The Hall–Kier alpha value is -0.620. The van der Waals surface area contributed by atoms with E-state index in [9.17, 15) is 8.42 Å². The molecule has 0 radical (unpaired) electrons. The van der Waals surface area contributed by atoms with E-state index in [1.54, 1.807) is 12.1 Å². The van der Waals surface area contributed by atoms with Gasteiger partial charge in [-0.25, -0.2) is 13.1 Å². The second kappa shape index (κ2) is 7.24. The number of hydrogen-bond acceptors (Lipinski definition) is 3. The number of benzene rings is 1. The van der Waals surface area contributed by atoms with Gasteiger partial charge in [-0.15, -0.1) is 0 Å². The quantitative estimate of drug-likeness (QED) is 0.841. The van der Waals surface area contributed by atoms with Crippen LogP contribution in [0.5, 0.6) is 0 Å². The van der Waals surface area contributed by atoms with Crippen molar-refractivity contribution in [2.45, 2.75) is 31.7 Å². The Morgan fingerprint density at radius 1 is 1.32 bits per heavy atom. The molecular formula is C13H21ClN2O2S. The second-order valence-electron chi connectivity index (χ2n) is 4.38. The number of nitrogens with one attached hydrogen (secondary N) is 1. The van der Waals surface area contributed by atoms with Crippen molar-refractivity contribution in [3.05, 3.63) is 29.3 Å². The van der Waals surface area contributed by atoms with Crippen molar-refractivity contribution in [3.8, 4) is 0 Å². The number of likely N-dealkylation sites (N-methyl/N-ethyl adjacent to an activating group) is 1.